The number of aromatic carboxylic acids is 1. The third-order valence-corrected chi connectivity index (χ3v) is 4.99. The van der Waals surface area contributed by atoms with Gasteiger partial charge in [-0.05, 0) is 11.4 Å². The molecule has 0 saturated heterocycles. The monoisotopic (exact) mass is 331 g/mol. The second kappa shape index (κ2) is 5.92. The summed E-state index contributed by atoms with van der Waals surface area (Å²) in [7, 11) is -3.94. The van der Waals surface area contributed by atoms with Gasteiger partial charge in [0.15, 0.2) is 5.82 Å². The number of sulfonamides is 1. The van der Waals surface area contributed by atoms with Gasteiger partial charge in [0.2, 0.25) is 15.9 Å². The van der Waals surface area contributed by atoms with Crippen molar-refractivity contribution in [3.05, 3.63) is 28.0 Å². The number of aromatic nitrogens is 2. The number of nitrogens with zero attached hydrogens (tertiary/aromatic N) is 2. The zero-order valence-corrected chi connectivity index (χ0v) is 12.9. The largest absolute Gasteiger partial charge is 0.477 e. The van der Waals surface area contributed by atoms with Crippen molar-refractivity contribution in [3.63, 3.8) is 0 Å². The van der Waals surface area contributed by atoms with Crippen LogP contribution in [0, 0.1) is 0 Å². The number of carboxylic acid groups (broad SMARTS) is 1. The number of carboxylic acids is 1. The predicted octanol–water partition coefficient (Wildman–Crippen LogP) is 1.43. The van der Waals surface area contributed by atoms with Crippen molar-refractivity contribution in [1.29, 1.82) is 0 Å². The maximum atomic E-state index is 12.1. The Morgan fingerprint density at radius 1 is 1.52 bits per heavy atom. The molecule has 0 saturated carbocycles. The van der Waals surface area contributed by atoms with E-state index in [1.54, 1.807) is 0 Å². The summed E-state index contributed by atoms with van der Waals surface area (Å²) in [6, 6.07) is 1.24. The molecule has 2 aromatic heterocycles. The first-order valence-corrected chi connectivity index (χ1v) is 8.30. The van der Waals surface area contributed by atoms with Crippen molar-refractivity contribution in [3.8, 4) is 0 Å². The number of hydrogen-bond acceptors (Lipinski definition) is 7. The highest BCUT2D eigenvalue weighted by atomic mass is 32.2. The minimum atomic E-state index is -3.94. The lowest BCUT2D eigenvalue weighted by Gasteiger charge is -2.03. The quantitative estimate of drug-likeness (QED) is 0.821. The zero-order valence-electron chi connectivity index (χ0n) is 11.2. The van der Waals surface area contributed by atoms with Gasteiger partial charge in [-0.25, -0.2) is 17.9 Å². The Bertz CT molecular complexity index is 748. The molecule has 2 rings (SSSR count). The molecule has 0 aliphatic rings. The average molecular weight is 331 g/mol. The second-order valence-corrected chi connectivity index (χ2v) is 7.10. The lowest BCUT2D eigenvalue weighted by atomic mass is 10.2. The van der Waals surface area contributed by atoms with Crippen molar-refractivity contribution in [2.45, 2.75) is 31.2 Å². The molecule has 0 amide bonds. The van der Waals surface area contributed by atoms with Crippen LogP contribution in [0.3, 0.4) is 0 Å². The van der Waals surface area contributed by atoms with Gasteiger partial charge >= 0.3 is 5.97 Å². The highest BCUT2D eigenvalue weighted by Gasteiger charge is 2.24. The molecule has 0 aliphatic heterocycles. The van der Waals surface area contributed by atoms with Gasteiger partial charge in [0.1, 0.15) is 9.77 Å². The Morgan fingerprint density at radius 3 is 2.81 bits per heavy atom. The van der Waals surface area contributed by atoms with Crippen LogP contribution in [0.1, 0.15) is 41.2 Å². The summed E-state index contributed by atoms with van der Waals surface area (Å²) >= 11 is 0.846. The molecule has 0 spiro atoms. The van der Waals surface area contributed by atoms with E-state index >= 15 is 0 Å². The van der Waals surface area contributed by atoms with Crippen molar-refractivity contribution in [1.82, 2.24) is 14.9 Å². The first-order chi connectivity index (χ1) is 9.81. The Morgan fingerprint density at radius 2 is 2.24 bits per heavy atom. The first kappa shape index (κ1) is 15.6. The fourth-order valence-electron chi connectivity index (χ4n) is 1.48. The van der Waals surface area contributed by atoms with Crippen LogP contribution >= 0.6 is 11.3 Å². The van der Waals surface area contributed by atoms with E-state index in [0.717, 1.165) is 11.3 Å². The van der Waals surface area contributed by atoms with E-state index in [0.29, 0.717) is 5.89 Å². The average Bonchev–Trinajstić information content (AvgIpc) is 3.06. The lowest BCUT2D eigenvalue weighted by molar-refractivity contribution is 0.0698. The van der Waals surface area contributed by atoms with Gasteiger partial charge in [0.25, 0.3) is 0 Å². The van der Waals surface area contributed by atoms with E-state index in [9.17, 15) is 13.2 Å². The molecular formula is C11H13N3O5S2. The summed E-state index contributed by atoms with van der Waals surface area (Å²) in [5, 5.41) is 14.0. The van der Waals surface area contributed by atoms with Crippen molar-refractivity contribution in [2.75, 3.05) is 0 Å². The molecule has 2 aromatic rings. The maximum absolute atomic E-state index is 12.1. The summed E-state index contributed by atoms with van der Waals surface area (Å²) in [4.78, 5) is 14.5. The van der Waals surface area contributed by atoms with E-state index in [1.165, 1.54) is 11.4 Å². The molecule has 10 heteroatoms. The molecule has 0 unspecified atom stereocenters. The van der Waals surface area contributed by atoms with E-state index in [-0.39, 0.29) is 28.1 Å². The van der Waals surface area contributed by atoms with Gasteiger partial charge in [-0.2, -0.15) is 4.98 Å². The molecule has 0 fully saturated rings. The maximum Gasteiger partial charge on any atom is 0.347 e. The first-order valence-electron chi connectivity index (χ1n) is 5.94. The Kier molecular flexibility index (Phi) is 4.40. The summed E-state index contributed by atoms with van der Waals surface area (Å²) in [5.74, 6) is -0.647. The highest BCUT2D eigenvalue weighted by Crippen LogP contribution is 2.22. The van der Waals surface area contributed by atoms with Gasteiger partial charge in [0.05, 0.1) is 6.54 Å². The molecule has 0 radical (unpaired) electrons. The van der Waals surface area contributed by atoms with Gasteiger partial charge in [-0.1, -0.05) is 19.0 Å². The number of nitrogens with one attached hydrogen (secondary N) is 1. The standard InChI is InChI=1S/C11H13N3O5S2/c1-6(2)10-13-8(14-19-10)5-12-21(17,18)7-3-4-20-9(7)11(15)16/h3-4,6,12H,5H2,1-2H3,(H,15,16). The summed E-state index contributed by atoms with van der Waals surface area (Å²) in [6.07, 6.45) is 0. The van der Waals surface area contributed by atoms with E-state index in [4.69, 9.17) is 9.63 Å². The predicted molar refractivity (Wildman–Crippen MR) is 73.7 cm³/mol. The zero-order chi connectivity index (χ0) is 15.6. The van der Waals surface area contributed by atoms with Crippen LogP contribution < -0.4 is 4.72 Å². The number of hydrogen-bond donors (Lipinski definition) is 2. The molecule has 0 aromatic carbocycles. The van der Waals surface area contributed by atoms with Gasteiger partial charge in [-0.15, -0.1) is 11.3 Å². The Labute approximate surface area is 124 Å². The third-order valence-electron chi connectivity index (χ3n) is 2.51. The number of thiophene rings is 1. The number of carbonyl (C=O) groups is 1. The van der Waals surface area contributed by atoms with Crippen molar-refractivity contribution in [2.24, 2.45) is 0 Å². The van der Waals surface area contributed by atoms with Gasteiger partial charge in [-0.3, -0.25) is 0 Å². The van der Waals surface area contributed by atoms with Crippen LogP contribution in [0.4, 0.5) is 0 Å². The Balaban J connectivity index is 2.14. The second-order valence-electron chi connectivity index (χ2n) is 4.45. The van der Waals surface area contributed by atoms with Crippen LogP contribution in [-0.2, 0) is 16.6 Å². The van der Waals surface area contributed by atoms with Gasteiger partial charge in [0, 0.05) is 5.92 Å². The summed E-state index contributed by atoms with van der Waals surface area (Å²) in [6.45, 7) is 3.56. The fraction of sp³-hybridized carbons (Fsp3) is 0.364. The van der Waals surface area contributed by atoms with Crippen LogP contribution in [0.15, 0.2) is 20.9 Å². The molecule has 2 N–H and O–H groups in total. The third kappa shape index (κ3) is 3.46. The van der Waals surface area contributed by atoms with E-state index < -0.39 is 16.0 Å². The van der Waals surface area contributed by atoms with Crippen LogP contribution in [-0.4, -0.2) is 29.6 Å². The Hall–Kier alpha value is -1.78. The normalized spacial score (nSPS) is 12.0. The van der Waals surface area contributed by atoms with Crippen molar-refractivity contribution >= 4 is 27.3 Å². The lowest BCUT2D eigenvalue weighted by Crippen LogP contribution is -2.24. The number of rotatable bonds is 6. The van der Waals surface area contributed by atoms with E-state index in [2.05, 4.69) is 14.9 Å². The molecule has 8 nitrogen and oxygen atoms in total. The molecule has 0 atom stereocenters. The van der Waals surface area contributed by atoms with Crippen LogP contribution in [0.2, 0.25) is 0 Å². The topological polar surface area (TPSA) is 122 Å². The van der Waals surface area contributed by atoms with E-state index in [1.807, 2.05) is 13.8 Å². The minimum absolute atomic E-state index is 0.0401. The summed E-state index contributed by atoms with van der Waals surface area (Å²) in [5.41, 5.74) is 0. The molecule has 0 bridgehead atoms. The van der Waals surface area contributed by atoms with Gasteiger partial charge < -0.3 is 9.63 Å². The van der Waals surface area contributed by atoms with Crippen LogP contribution in [0.25, 0.3) is 0 Å². The molecule has 114 valence electrons. The molecule has 21 heavy (non-hydrogen) atoms. The molecule has 2 heterocycles. The van der Waals surface area contributed by atoms with Crippen molar-refractivity contribution < 1.29 is 22.8 Å². The van der Waals surface area contributed by atoms with Crippen LogP contribution in [0.5, 0.6) is 0 Å². The summed E-state index contributed by atoms with van der Waals surface area (Å²) < 4.78 is 31.4. The SMILES string of the molecule is CC(C)c1nc(CNS(=O)(=O)c2ccsc2C(=O)O)no1. The fourth-order valence-corrected chi connectivity index (χ4v) is 3.71. The minimum Gasteiger partial charge on any atom is -0.477 e. The molecular weight excluding hydrogens is 318 g/mol. The highest BCUT2D eigenvalue weighted by molar-refractivity contribution is 7.89. The smallest absolute Gasteiger partial charge is 0.347 e. The molecule has 0 aliphatic carbocycles.